The zero-order chi connectivity index (χ0) is 18.9. The van der Waals surface area contributed by atoms with Crippen molar-refractivity contribution < 1.29 is 9.59 Å². The number of hydrogen-bond acceptors (Lipinski definition) is 4. The van der Waals surface area contributed by atoms with Crippen molar-refractivity contribution in [3.05, 3.63) is 59.7 Å². The average Bonchev–Trinajstić information content (AvgIpc) is 2.92. The number of aryl methyl sites for hydroxylation is 1. The molecule has 2 unspecified atom stereocenters. The zero-order valence-electron chi connectivity index (χ0n) is 15.5. The predicted molar refractivity (Wildman–Crippen MR) is 101 cm³/mol. The lowest BCUT2D eigenvalue weighted by Gasteiger charge is -2.40. The second-order valence-electron chi connectivity index (χ2n) is 7.94. The van der Waals surface area contributed by atoms with Crippen molar-refractivity contribution in [2.24, 2.45) is 0 Å². The minimum Gasteiger partial charge on any atom is -0.347 e. The van der Waals surface area contributed by atoms with Crippen molar-refractivity contribution in [1.82, 2.24) is 20.6 Å². The molecule has 6 nitrogen and oxygen atoms in total. The van der Waals surface area contributed by atoms with E-state index < -0.39 is 0 Å². The Balaban J connectivity index is 1.48. The Morgan fingerprint density at radius 3 is 2.26 bits per heavy atom. The van der Waals surface area contributed by atoms with Crippen LogP contribution in [-0.4, -0.2) is 32.9 Å². The molecular formula is C21H24N4O2. The minimum atomic E-state index is -0.283. The van der Waals surface area contributed by atoms with Crippen molar-refractivity contribution in [3.8, 4) is 0 Å². The Morgan fingerprint density at radius 1 is 0.926 bits per heavy atom. The molecule has 2 aliphatic carbocycles. The monoisotopic (exact) mass is 364 g/mol. The van der Waals surface area contributed by atoms with Gasteiger partial charge in [0.25, 0.3) is 11.8 Å². The number of carbonyl (C=O) groups excluding carboxylic acids is 2. The van der Waals surface area contributed by atoms with Gasteiger partial charge < -0.3 is 10.6 Å². The first-order valence-electron chi connectivity index (χ1n) is 9.48. The third kappa shape index (κ3) is 3.56. The molecule has 2 amide bonds. The summed E-state index contributed by atoms with van der Waals surface area (Å²) in [6, 6.07) is 9.33. The van der Waals surface area contributed by atoms with E-state index in [4.69, 9.17) is 0 Å². The molecule has 27 heavy (non-hydrogen) atoms. The van der Waals surface area contributed by atoms with Crippen molar-refractivity contribution in [2.75, 3.05) is 0 Å². The molecule has 0 aliphatic heterocycles. The number of nitrogens with zero attached hydrogens (tertiary/aromatic N) is 2. The summed E-state index contributed by atoms with van der Waals surface area (Å²) in [5.74, 6) is -0.0776. The number of benzene rings is 1. The molecule has 2 aliphatic rings. The van der Waals surface area contributed by atoms with E-state index in [1.54, 1.807) is 18.5 Å². The number of nitrogens with one attached hydrogen (secondary N) is 2. The summed E-state index contributed by atoms with van der Waals surface area (Å²) >= 11 is 0. The smallest absolute Gasteiger partial charge is 0.289 e. The molecule has 1 heterocycles. The van der Waals surface area contributed by atoms with E-state index in [2.05, 4.69) is 20.6 Å². The van der Waals surface area contributed by atoms with Crippen molar-refractivity contribution in [1.29, 1.82) is 0 Å². The van der Waals surface area contributed by atoms with Crippen LogP contribution in [0.25, 0.3) is 0 Å². The van der Waals surface area contributed by atoms with Crippen LogP contribution in [0.15, 0.2) is 42.7 Å². The molecule has 2 saturated carbocycles. The van der Waals surface area contributed by atoms with Crippen LogP contribution in [0.1, 0.15) is 65.1 Å². The Labute approximate surface area is 158 Å². The zero-order valence-corrected chi connectivity index (χ0v) is 15.5. The second-order valence-corrected chi connectivity index (χ2v) is 7.94. The van der Waals surface area contributed by atoms with Gasteiger partial charge in [0, 0.05) is 29.0 Å². The fraction of sp³-hybridized carbons (Fsp3) is 0.429. The predicted octanol–water partition coefficient (Wildman–Crippen LogP) is 2.79. The highest BCUT2D eigenvalue weighted by Crippen LogP contribution is 2.48. The van der Waals surface area contributed by atoms with Gasteiger partial charge in [-0.15, -0.1) is 0 Å². The molecule has 6 heteroatoms. The van der Waals surface area contributed by atoms with Crippen LogP contribution in [0, 0.1) is 6.92 Å². The van der Waals surface area contributed by atoms with Crippen LogP contribution in [0.2, 0.25) is 0 Å². The number of rotatable bonds is 4. The number of amides is 2. The van der Waals surface area contributed by atoms with Crippen LogP contribution in [0.3, 0.4) is 0 Å². The fourth-order valence-electron chi connectivity index (χ4n) is 4.65. The number of carbonyl (C=O) groups is 2. The molecule has 0 spiro atoms. The van der Waals surface area contributed by atoms with E-state index in [-0.39, 0.29) is 28.7 Å². The van der Waals surface area contributed by atoms with Gasteiger partial charge in [-0.3, -0.25) is 9.59 Å². The summed E-state index contributed by atoms with van der Waals surface area (Å²) in [6.45, 7) is 1.98. The number of hydrogen-bond donors (Lipinski definition) is 2. The Kier molecular flexibility index (Phi) is 4.42. The maximum atomic E-state index is 12.8. The van der Waals surface area contributed by atoms with E-state index in [0.29, 0.717) is 5.56 Å². The maximum Gasteiger partial charge on any atom is 0.289 e. The topological polar surface area (TPSA) is 84.0 Å². The highest BCUT2D eigenvalue weighted by molar-refractivity contribution is 5.95. The van der Waals surface area contributed by atoms with Gasteiger partial charge in [-0.05, 0) is 63.6 Å². The Bertz CT molecular complexity index is 869. The highest BCUT2D eigenvalue weighted by atomic mass is 16.2. The molecule has 1 aromatic heterocycles. The standard InChI is InChI=1S/C21H24N4O2/c1-15-5-2-6-16(13-15)18(26)24-20-7-3-8-21(14-20,10-9-20)25-19(27)17-22-11-4-12-23-17/h2,4-6,11-13H,3,7-10,14H2,1H3,(H,24,26)(H,25,27). The number of fused-ring (bicyclic) bond motifs is 2. The molecule has 4 rings (SSSR count). The molecule has 0 saturated heterocycles. The van der Waals surface area contributed by atoms with Gasteiger partial charge >= 0.3 is 0 Å². The maximum absolute atomic E-state index is 12.8. The number of aromatic nitrogens is 2. The third-order valence-corrected chi connectivity index (χ3v) is 5.88. The van der Waals surface area contributed by atoms with E-state index in [0.717, 1.165) is 44.1 Å². The molecule has 2 fully saturated rings. The van der Waals surface area contributed by atoms with Gasteiger partial charge in [0.2, 0.25) is 5.82 Å². The molecular weight excluding hydrogens is 340 g/mol. The van der Waals surface area contributed by atoms with Crippen molar-refractivity contribution in [3.63, 3.8) is 0 Å². The van der Waals surface area contributed by atoms with Crippen molar-refractivity contribution >= 4 is 11.8 Å². The van der Waals surface area contributed by atoms with E-state index >= 15 is 0 Å². The lowest BCUT2D eigenvalue weighted by atomic mass is 9.78. The Hall–Kier alpha value is -2.76. The van der Waals surface area contributed by atoms with E-state index in [1.165, 1.54) is 0 Å². The molecule has 0 radical (unpaired) electrons. The van der Waals surface area contributed by atoms with E-state index in [1.807, 2.05) is 31.2 Å². The minimum absolute atomic E-state index is 0.0332. The second kappa shape index (κ2) is 6.76. The molecule has 2 bridgehead atoms. The first-order chi connectivity index (χ1) is 13.0. The Morgan fingerprint density at radius 2 is 1.59 bits per heavy atom. The normalized spacial score (nSPS) is 26.4. The van der Waals surface area contributed by atoms with Crippen LogP contribution >= 0.6 is 0 Å². The summed E-state index contributed by atoms with van der Waals surface area (Å²) in [4.78, 5) is 33.4. The van der Waals surface area contributed by atoms with Gasteiger partial charge in [-0.2, -0.15) is 0 Å². The van der Waals surface area contributed by atoms with E-state index in [9.17, 15) is 9.59 Å². The quantitative estimate of drug-likeness (QED) is 0.874. The lowest BCUT2D eigenvalue weighted by Crippen LogP contribution is -2.55. The van der Waals surface area contributed by atoms with Crippen molar-refractivity contribution in [2.45, 2.75) is 56.5 Å². The first kappa shape index (κ1) is 17.6. The third-order valence-electron chi connectivity index (χ3n) is 5.88. The summed E-state index contributed by atoms with van der Waals surface area (Å²) in [6.07, 6.45) is 8.49. The first-order valence-corrected chi connectivity index (χ1v) is 9.48. The summed E-state index contributed by atoms with van der Waals surface area (Å²) in [5.41, 5.74) is 1.23. The molecule has 1 aromatic carbocycles. The lowest BCUT2D eigenvalue weighted by molar-refractivity contribution is 0.0826. The highest BCUT2D eigenvalue weighted by Gasteiger charge is 2.52. The van der Waals surface area contributed by atoms with Crippen LogP contribution in [0.5, 0.6) is 0 Å². The molecule has 2 aromatic rings. The summed E-state index contributed by atoms with van der Waals surface area (Å²) in [7, 11) is 0. The van der Waals surface area contributed by atoms with Gasteiger partial charge in [0.05, 0.1) is 0 Å². The van der Waals surface area contributed by atoms with Crippen LogP contribution < -0.4 is 10.6 Å². The largest absolute Gasteiger partial charge is 0.347 e. The van der Waals surface area contributed by atoms with Gasteiger partial charge in [0.15, 0.2) is 0 Å². The molecule has 2 atom stereocenters. The van der Waals surface area contributed by atoms with Gasteiger partial charge in [-0.1, -0.05) is 17.7 Å². The average molecular weight is 364 g/mol. The van der Waals surface area contributed by atoms with Gasteiger partial charge in [0.1, 0.15) is 0 Å². The van der Waals surface area contributed by atoms with Gasteiger partial charge in [-0.25, -0.2) is 9.97 Å². The summed E-state index contributed by atoms with van der Waals surface area (Å²) in [5, 5.41) is 6.46. The SMILES string of the molecule is Cc1cccc(C(=O)NC23CCCC(NC(=O)c4ncccn4)(CC2)C3)c1. The molecule has 140 valence electrons. The fourth-order valence-corrected chi connectivity index (χ4v) is 4.65. The van der Waals surface area contributed by atoms with Crippen LogP contribution in [0.4, 0.5) is 0 Å². The molecule has 2 N–H and O–H groups in total. The van der Waals surface area contributed by atoms with Crippen LogP contribution in [-0.2, 0) is 0 Å². The summed E-state index contributed by atoms with van der Waals surface area (Å²) < 4.78 is 0.